The van der Waals surface area contributed by atoms with Crippen LogP contribution in [0.25, 0.3) is 0 Å². The highest BCUT2D eigenvalue weighted by atomic mass is 16.5. The fourth-order valence-electron chi connectivity index (χ4n) is 3.22. The highest BCUT2D eigenvalue weighted by Crippen LogP contribution is 2.35. The Hall–Kier alpha value is -1.55. The van der Waals surface area contributed by atoms with Crippen molar-refractivity contribution >= 4 is 5.97 Å². The van der Waals surface area contributed by atoms with Gasteiger partial charge in [0.25, 0.3) is 0 Å². The molecular formula is C17H25NO3. The average molecular weight is 291 g/mol. The maximum Gasteiger partial charge on any atom is 0.321 e. The molecule has 1 unspecified atom stereocenters. The lowest BCUT2D eigenvalue weighted by Gasteiger charge is -2.43. The average Bonchev–Trinajstić information content (AvgIpc) is 2.39. The van der Waals surface area contributed by atoms with Crippen LogP contribution in [0.1, 0.15) is 32.3 Å². The Morgan fingerprint density at radius 3 is 2.81 bits per heavy atom. The van der Waals surface area contributed by atoms with Crippen molar-refractivity contribution in [2.24, 2.45) is 5.41 Å². The standard InChI is InChI=1S/C17H25NO3/c1-13-7-4-5-8-14(13)21-12-11-18-10-6-9-17(2,3)15(18)16(19)20/h4-5,7-8,15H,6,9-12H2,1-3H3,(H,19,20). The summed E-state index contributed by atoms with van der Waals surface area (Å²) in [5.74, 6) is 0.149. The van der Waals surface area contributed by atoms with Gasteiger partial charge in [0.05, 0.1) is 0 Å². The smallest absolute Gasteiger partial charge is 0.321 e. The molecular weight excluding hydrogens is 266 g/mol. The second-order valence-corrected chi connectivity index (χ2v) is 6.48. The van der Waals surface area contributed by atoms with E-state index in [1.165, 1.54) is 0 Å². The van der Waals surface area contributed by atoms with Crippen LogP contribution < -0.4 is 4.74 Å². The maximum absolute atomic E-state index is 11.6. The summed E-state index contributed by atoms with van der Waals surface area (Å²) in [6.07, 6.45) is 2.00. The number of likely N-dealkylation sites (tertiary alicyclic amines) is 1. The van der Waals surface area contributed by atoms with Gasteiger partial charge in [0.15, 0.2) is 0 Å². The Bertz CT molecular complexity index is 499. The topological polar surface area (TPSA) is 49.8 Å². The van der Waals surface area contributed by atoms with E-state index in [9.17, 15) is 9.90 Å². The minimum Gasteiger partial charge on any atom is -0.492 e. The quantitative estimate of drug-likeness (QED) is 0.906. The van der Waals surface area contributed by atoms with Crippen molar-refractivity contribution in [1.82, 2.24) is 4.90 Å². The summed E-state index contributed by atoms with van der Waals surface area (Å²) in [6.45, 7) is 8.09. The fraction of sp³-hybridized carbons (Fsp3) is 0.588. The highest BCUT2D eigenvalue weighted by Gasteiger charge is 2.42. The van der Waals surface area contributed by atoms with Gasteiger partial charge in [-0.3, -0.25) is 9.69 Å². The van der Waals surface area contributed by atoms with Gasteiger partial charge in [-0.25, -0.2) is 0 Å². The summed E-state index contributed by atoms with van der Waals surface area (Å²) in [7, 11) is 0. The lowest BCUT2D eigenvalue weighted by molar-refractivity contribution is -0.150. The second kappa shape index (κ2) is 6.48. The molecule has 1 atom stereocenters. The first-order valence-electron chi connectivity index (χ1n) is 7.57. The lowest BCUT2D eigenvalue weighted by atomic mass is 9.76. The number of carbonyl (C=O) groups is 1. The molecule has 1 fully saturated rings. The maximum atomic E-state index is 11.6. The number of nitrogens with zero attached hydrogens (tertiary/aromatic N) is 1. The molecule has 1 aromatic rings. The molecule has 1 heterocycles. The van der Waals surface area contributed by atoms with Crippen LogP contribution in [0.5, 0.6) is 5.75 Å². The molecule has 0 amide bonds. The SMILES string of the molecule is Cc1ccccc1OCCN1CCCC(C)(C)C1C(=O)O. The number of aliphatic carboxylic acids is 1. The molecule has 4 nitrogen and oxygen atoms in total. The summed E-state index contributed by atoms with van der Waals surface area (Å²) in [4.78, 5) is 13.6. The Balaban J connectivity index is 1.95. The molecule has 4 heteroatoms. The molecule has 0 aromatic heterocycles. The Morgan fingerprint density at radius 2 is 2.14 bits per heavy atom. The molecule has 1 aliphatic rings. The van der Waals surface area contributed by atoms with E-state index in [0.717, 1.165) is 30.7 Å². The van der Waals surface area contributed by atoms with Gasteiger partial charge in [0, 0.05) is 6.54 Å². The molecule has 1 saturated heterocycles. The summed E-state index contributed by atoms with van der Waals surface area (Å²) in [5, 5.41) is 9.52. The van der Waals surface area contributed by atoms with Crippen molar-refractivity contribution in [2.75, 3.05) is 19.7 Å². The molecule has 1 aromatic carbocycles. The third-order valence-electron chi connectivity index (χ3n) is 4.34. The zero-order chi connectivity index (χ0) is 15.5. The Morgan fingerprint density at radius 1 is 1.43 bits per heavy atom. The molecule has 21 heavy (non-hydrogen) atoms. The molecule has 1 N–H and O–H groups in total. The van der Waals surface area contributed by atoms with Gasteiger partial charge in [-0.05, 0) is 43.4 Å². The van der Waals surface area contributed by atoms with Gasteiger partial charge in [-0.15, -0.1) is 0 Å². The fourth-order valence-corrected chi connectivity index (χ4v) is 3.22. The van der Waals surface area contributed by atoms with Gasteiger partial charge >= 0.3 is 5.97 Å². The van der Waals surface area contributed by atoms with Crippen molar-refractivity contribution in [3.63, 3.8) is 0 Å². The monoisotopic (exact) mass is 291 g/mol. The normalized spacial score (nSPS) is 22.0. The van der Waals surface area contributed by atoms with E-state index in [-0.39, 0.29) is 5.41 Å². The number of rotatable bonds is 5. The number of ether oxygens (including phenoxy) is 1. The number of piperidine rings is 1. The zero-order valence-electron chi connectivity index (χ0n) is 13.1. The Kier molecular flexibility index (Phi) is 4.88. The third-order valence-corrected chi connectivity index (χ3v) is 4.34. The van der Waals surface area contributed by atoms with Crippen LogP contribution in [-0.4, -0.2) is 41.7 Å². The largest absolute Gasteiger partial charge is 0.492 e. The van der Waals surface area contributed by atoms with E-state index in [1.54, 1.807) is 0 Å². The molecule has 2 rings (SSSR count). The Labute approximate surface area is 126 Å². The minimum absolute atomic E-state index is 0.188. The molecule has 0 bridgehead atoms. The summed E-state index contributed by atoms with van der Waals surface area (Å²) in [6, 6.07) is 7.47. The second-order valence-electron chi connectivity index (χ2n) is 6.48. The van der Waals surface area contributed by atoms with Gasteiger partial charge in [0.2, 0.25) is 0 Å². The molecule has 0 radical (unpaired) electrons. The highest BCUT2D eigenvalue weighted by molar-refractivity contribution is 5.74. The molecule has 0 saturated carbocycles. The predicted octanol–water partition coefficient (Wildman–Crippen LogP) is 2.95. The first-order valence-corrected chi connectivity index (χ1v) is 7.57. The van der Waals surface area contributed by atoms with Crippen LogP contribution >= 0.6 is 0 Å². The number of carboxylic acids is 1. The van der Waals surface area contributed by atoms with Crippen LogP contribution in [0.15, 0.2) is 24.3 Å². The van der Waals surface area contributed by atoms with Gasteiger partial charge in [-0.2, -0.15) is 0 Å². The first-order chi connectivity index (χ1) is 9.92. The van der Waals surface area contributed by atoms with Crippen LogP contribution in [0, 0.1) is 12.3 Å². The molecule has 0 spiro atoms. The number of hydrogen-bond acceptors (Lipinski definition) is 3. The van der Waals surface area contributed by atoms with E-state index in [2.05, 4.69) is 0 Å². The number of aryl methyl sites for hydroxylation is 1. The molecule has 1 aliphatic heterocycles. The molecule has 0 aliphatic carbocycles. The predicted molar refractivity (Wildman–Crippen MR) is 82.7 cm³/mol. The van der Waals surface area contributed by atoms with Crippen LogP contribution in [-0.2, 0) is 4.79 Å². The van der Waals surface area contributed by atoms with Crippen molar-refractivity contribution in [3.05, 3.63) is 29.8 Å². The van der Waals surface area contributed by atoms with Crippen LogP contribution in [0.3, 0.4) is 0 Å². The molecule has 116 valence electrons. The number of carboxylic acid groups (broad SMARTS) is 1. The van der Waals surface area contributed by atoms with Crippen molar-refractivity contribution in [2.45, 2.75) is 39.7 Å². The summed E-state index contributed by atoms with van der Waals surface area (Å²) >= 11 is 0. The first kappa shape index (κ1) is 15.8. The third kappa shape index (κ3) is 3.76. The van der Waals surface area contributed by atoms with Crippen molar-refractivity contribution in [1.29, 1.82) is 0 Å². The van der Waals surface area contributed by atoms with Crippen molar-refractivity contribution in [3.8, 4) is 5.75 Å². The van der Waals surface area contributed by atoms with Gasteiger partial charge < -0.3 is 9.84 Å². The van der Waals surface area contributed by atoms with Gasteiger partial charge in [0.1, 0.15) is 18.4 Å². The van der Waals surface area contributed by atoms with Gasteiger partial charge in [-0.1, -0.05) is 32.0 Å². The summed E-state index contributed by atoms with van der Waals surface area (Å²) in [5.41, 5.74) is 0.915. The summed E-state index contributed by atoms with van der Waals surface area (Å²) < 4.78 is 5.80. The van der Waals surface area contributed by atoms with E-state index in [1.807, 2.05) is 49.9 Å². The van der Waals surface area contributed by atoms with E-state index >= 15 is 0 Å². The van der Waals surface area contributed by atoms with Crippen LogP contribution in [0.2, 0.25) is 0 Å². The van der Waals surface area contributed by atoms with E-state index in [4.69, 9.17) is 4.74 Å². The van der Waals surface area contributed by atoms with Crippen LogP contribution in [0.4, 0.5) is 0 Å². The number of benzene rings is 1. The number of para-hydroxylation sites is 1. The number of hydrogen-bond donors (Lipinski definition) is 1. The minimum atomic E-state index is -0.726. The van der Waals surface area contributed by atoms with E-state index < -0.39 is 12.0 Å². The zero-order valence-corrected chi connectivity index (χ0v) is 13.1. The van der Waals surface area contributed by atoms with E-state index in [0.29, 0.717) is 13.2 Å². The lowest BCUT2D eigenvalue weighted by Crippen LogP contribution is -2.55. The van der Waals surface area contributed by atoms with Crippen molar-refractivity contribution < 1.29 is 14.6 Å².